The van der Waals surface area contributed by atoms with Crippen LogP contribution in [0.1, 0.15) is 20.8 Å². The van der Waals surface area contributed by atoms with Gasteiger partial charge in [-0.1, -0.05) is 0 Å². The zero-order chi connectivity index (χ0) is 12.8. The van der Waals surface area contributed by atoms with Gasteiger partial charge in [0.05, 0.1) is 10.2 Å². The molecule has 0 aromatic carbocycles. The van der Waals surface area contributed by atoms with Crippen molar-refractivity contribution in [1.29, 1.82) is 0 Å². The first-order valence-corrected chi connectivity index (χ1v) is 6.54. The molecule has 1 N–H and O–H groups in total. The number of likely N-dealkylation sites (N-methyl/N-ethyl adjacent to an activating group) is 1. The van der Waals surface area contributed by atoms with Gasteiger partial charge in [-0.15, -0.1) is 0 Å². The van der Waals surface area contributed by atoms with Crippen LogP contribution in [-0.2, 0) is 4.79 Å². The maximum absolute atomic E-state index is 12.1. The zero-order valence-corrected chi connectivity index (χ0v) is 12.0. The van der Waals surface area contributed by atoms with E-state index in [1.807, 2.05) is 31.7 Å². The lowest BCUT2D eigenvalue weighted by Crippen LogP contribution is -2.41. The molecule has 1 atom stereocenters. The van der Waals surface area contributed by atoms with Gasteiger partial charge in [-0.2, -0.15) is 0 Å². The van der Waals surface area contributed by atoms with E-state index < -0.39 is 0 Å². The predicted octanol–water partition coefficient (Wildman–Crippen LogP) is 2.51. The van der Waals surface area contributed by atoms with Crippen molar-refractivity contribution in [1.82, 2.24) is 9.88 Å². The Kier molecular flexibility index (Phi) is 5.41. The second-order valence-electron chi connectivity index (χ2n) is 3.73. The Balaban J connectivity index is 2.69. The van der Waals surface area contributed by atoms with E-state index in [1.54, 1.807) is 12.4 Å². The van der Waals surface area contributed by atoms with E-state index in [2.05, 4.69) is 26.2 Å². The minimum atomic E-state index is -0.242. The summed E-state index contributed by atoms with van der Waals surface area (Å²) >= 11 is 3.40. The lowest BCUT2D eigenvalue weighted by molar-refractivity contribution is -0.131. The number of anilines is 1. The third kappa shape index (κ3) is 3.70. The fourth-order valence-corrected chi connectivity index (χ4v) is 1.96. The van der Waals surface area contributed by atoms with Crippen LogP contribution in [0.5, 0.6) is 0 Å². The summed E-state index contributed by atoms with van der Waals surface area (Å²) in [6.45, 7) is 7.30. The fourth-order valence-electron chi connectivity index (χ4n) is 1.60. The molecule has 0 aliphatic rings. The number of hydrogen-bond acceptors (Lipinski definition) is 3. The van der Waals surface area contributed by atoms with Crippen molar-refractivity contribution in [2.24, 2.45) is 0 Å². The first-order chi connectivity index (χ1) is 8.10. The summed E-state index contributed by atoms with van der Waals surface area (Å²) < 4.78 is 0.860. The van der Waals surface area contributed by atoms with E-state index in [1.165, 1.54) is 0 Å². The molecule has 0 saturated carbocycles. The van der Waals surface area contributed by atoms with Crippen molar-refractivity contribution in [2.75, 3.05) is 18.4 Å². The van der Waals surface area contributed by atoms with Crippen LogP contribution < -0.4 is 5.32 Å². The van der Waals surface area contributed by atoms with Crippen LogP contribution in [0.3, 0.4) is 0 Å². The second-order valence-corrected chi connectivity index (χ2v) is 4.59. The zero-order valence-electron chi connectivity index (χ0n) is 10.4. The maximum Gasteiger partial charge on any atom is 0.244 e. The smallest absolute Gasteiger partial charge is 0.244 e. The van der Waals surface area contributed by atoms with Crippen molar-refractivity contribution < 1.29 is 4.79 Å². The van der Waals surface area contributed by atoms with Gasteiger partial charge in [0.25, 0.3) is 0 Å². The van der Waals surface area contributed by atoms with Crippen molar-refractivity contribution in [2.45, 2.75) is 26.8 Å². The Morgan fingerprint density at radius 3 is 2.71 bits per heavy atom. The average molecular weight is 300 g/mol. The molecule has 1 heterocycles. The molecule has 17 heavy (non-hydrogen) atoms. The number of rotatable bonds is 5. The SMILES string of the molecule is CCN(CC)C(=O)C(C)Nc1ccncc1Br. The van der Waals surface area contributed by atoms with Gasteiger partial charge in [0.2, 0.25) is 5.91 Å². The van der Waals surface area contributed by atoms with Gasteiger partial charge in [0.15, 0.2) is 0 Å². The Labute approximate surface area is 111 Å². The van der Waals surface area contributed by atoms with Gasteiger partial charge in [0.1, 0.15) is 6.04 Å². The van der Waals surface area contributed by atoms with E-state index in [9.17, 15) is 4.79 Å². The van der Waals surface area contributed by atoms with E-state index in [0.717, 1.165) is 23.2 Å². The molecule has 1 unspecified atom stereocenters. The summed E-state index contributed by atoms with van der Waals surface area (Å²) in [4.78, 5) is 17.8. The molecule has 0 radical (unpaired) electrons. The van der Waals surface area contributed by atoms with E-state index in [0.29, 0.717) is 0 Å². The number of pyridine rings is 1. The minimum absolute atomic E-state index is 0.110. The molecule has 4 nitrogen and oxygen atoms in total. The van der Waals surface area contributed by atoms with Crippen molar-refractivity contribution in [3.8, 4) is 0 Å². The quantitative estimate of drug-likeness (QED) is 0.909. The summed E-state index contributed by atoms with van der Waals surface area (Å²) in [6, 6.07) is 1.60. The Morgan fingerprint density at radius 2 is 2.18 bits per heavy atom. The van der Waals surface area contributed by atoms with Crippen molar-refractivity contribution >= 4 is 27.5 Å². The van der Waals surface area contributed by atoms with Gasteiger partial charge in [-0.3, -0.25) is 9.78 Å². The molecule has 1 aromatic rings. The highest BCUT2D eigenvalue weighted by molar-refractivity contribution is 9.10. The van der Waals surface area contributed by atoms with Crippen LogP contribution in [0.25, 0.3) is 0 Å². The summed E-state index contributed by atoms with van der Waals surface area (Å²) in [6.07, 6.45) is 3.40. The van der Waals surface area contributed by atoms with Crippen LogP contribution in [0, 0.1) is 0 Å². The molecule has 0 fully saturated rings. The van der Waals surface area contributed by atoms with Gasteiger partial charge < -0.3 is 10.2 Å². The molecule has 5 heteroatoms. The van der Waals surface area contributed by atoms with Crippen LogP contribution in [-0.4, -0.2) is 34.9 Å². The van der Waals surface area contributed by atoms with Gasteiger partial charge in [0, 0.05) is 25.5 Å². The third-order valence-corrected chi connectivity index (χ3v) is 3.22. The normalized spacial score (nSPS) is 12.0. The minimum Gasteiger partial charge on any atom is -0.373 e. The topological polar surface area (TPSA) is 45.2 Å². The molecule has 0 aliphatic carbocycles. The monoisotopic (exact) mass is 299 g/mol. The molecule has 0 bridgehead atoms. The van der Waals surface area contributed by atoms with E-state index >= 15 is 0 Å². The molecule has 94 valence electrons. The number of aromatic nitrogens is 1. The largest absolute Gasteiger partial charge is 0.373 e. The standard InChI is InChI=1S/C12H18BrN3O/c1-4-16(5-2)12(17)9(3)15-11-6-7-14-8-10(11)13/h6-9H,4-5H2,1-3H3,(H,14,15). The molecular weight excluding hydrogens is 282 g/mol. The van der Waals surface area contributed by atoms with Crippen LogP contribution in [0.4, 0.5) is 5.69 Å². The van der Waals surface area contributed by atoms with E-state index in [-0.39, 0.29) is 11.9 Å². The molecule has 0 spiro atoms. The van der Waals surface area contributed by atoms with Gasteiger partial charge >= 0.3 is 0 Å². The van der Waals surface area contributed by atoms with Crippen molar-refractivity contribution in [3.05, 3.63) is 22.9 Å². The van der Waals surface area contributed by atoms with E-state index in [4.69, 9.17) is 0 Å². The highest BCUT2D eigenvalue weighted by Gasteiger charge is 2.18. The molecule has 1 amide bonds. The lowest BCUT2D eigenvalue weighted by Gasteiger charge is -2.24. The van der Waals surface area contributed by atoms with Crippen LogP contribution >= 0.6 is 15.9 Å². The maximum atomic E-state index is 12.1. The number of halogens is 1. The average Bonchev–Trinajstić information content (AvgIpc) is 2.33. The summed E-state index contributed by atoms with van der Waals surface area (Å²) in [5.41, 5.74) is 0.882. The molecule has 1 aromatic heterocycles. The number of nitrogens with one attached hydrogen (secondary N) is 1. The van der Waals surface area contributed by atoms with Crippen molar-refractivity contribution in [3.63, 3.8) is 0 Å². The first kappa shape index (κ1) is 14.0. The molecule has 0 aliphatic heterocycles. The summed E-state index contributed by atoms with van der Waals surface area (Å²) in [5, 5.41) is 3.18. The highest BCUT2D eigenvalue weighted by Crippen LogP contribution is 2.20. The van der Waals surface area contributed by atoms with Gasteiger partial charge in [-0.05, 0) is 42.8 Å². The number of hydrogen-bond donors (Lipinski definition) is 1. The Hall–Kier alpha value is -1.10. The Morgan fingerprint density at radius 1 is 1.53 bits per heavy atom. The second kappa shape index (κ2) is 6.59. The van der Waals surface area contributed by atoms with Gasteiger partial charge in [-0.25, -0.2) is 0 Å². The fraction of sp³-hybridized carbons (Fsp3) is 0.500. The first-order valence-electron chi connectivity index (χ1n) is 5.75. The Bertz CT molecular complexity index is 380. The van der Waals surface area contributed by atoms with Crippen LogP contribution in [0.2, 0.25) is 0 Å². The highest BCUT2D eigenvalue weighted by atomic mass is 79.9. The molecule has 1 rings (SSSR count). The number of nitrogens with zero attached hydrogens (tertiary/aromatic N) is 2. The predicted molar refractivity (Wildman–Crippen MR) is 72.9 cm³/mol. The number of amides is 1. The van der Waals surface area contributed by atoms with Crippen LogP contribution in [0.15, 0.2) is 22.9 Å². The third-order valence-electron chi connectivity index (χ3n) is 2.59. The number of carbonyl (C=O) groups excluding carboxylic acids is 1. The molecular formula is C12H18BrN3O. The molecule has 0 saturated heterocycles. The number of carbonyl (C=O) groups is 1. The summed E-state index contributed by atoms with van der Waals surface area (Å²) in [5.74, 6) is 0.110. The lowest BCUT2D eigenvalue weighted by atomic mass is 10.2. The summed E-state index contributed by atoms with van der Waals surface area (Å²) in [7, 11) is 0.